The van der Waals surface area contributed by atoms with Crippen LogP contribution in [0.2, 0.25) is 5.02 Å². The van der Waals surface area contributed by atoms with Crippen LogP contribution in [-0.4, -0.2) is 52.5 Å². The molecule has 1 aromatic carbocycles. The van der Waals surface area contributed by atoms with Crippen molar-refractivity contribution in [3.63, 3.8) is 0 Å². The molecule has 0 bridgehead atoms. The van der Waals surface area contributed by atoms with E-state index in [0.29, 0.717) is 26.2 Å². The molecule has 0 radical (unpaired) electrons. The Morgan fingerprint density at radius 1 is 1.36 bits per heavy atom. The molecule has 124 valence electrons. The van der Waals surface area contributed by atoms with E-state index in [0.717, 1.165) is 4.31 Å². The van der Waals surface area contributed by atoms with Crippen molar-refractivity contribution in [2.45, 2.75) is 18.2 Å². The third kappa shape index (κ3) is 4.95. The van der Waals surface area contributed by atoms with Crippen LogP contribution >= 0.6 is 11.6 Å². The molecule has 0 spiro atoms. The second-order valence-corrected chi connectivity index (χ2v) is 7.29. The Hall–Kier alpha value is -1.15. The number of carbonyl (C=O) groups is 1. The summed E-state index contributed by atoms with van der Waals surface area (Å²) in [7, 11) is -0.752. The summed E-state index contributed by atoms with van der Waals surface area (Å²) in [5, 5.41) is 2.90. The van der Waals surface area contributed by atoms with Gasteiger partial charge in [0, 0.05) is 33.9 Å². The first-order chi connectivity index (χ1) is 10.3. The number of hydrogen-bond acceptors (Lipinski definition) is 4. The third-order valence-corrected chi connectivity index (χ3v) is 5.06. The third-order valence-electron chi connectivity index (χ3n) is 2.92. The predicted octanol–water partition coefficient (Wildman–Crippen LogP) is 1.75. The van der Waals surface area contributed by atoms with E-state index in [4.69, 9.17) is 16.3 Å². The highest BCUT2D eigenvalue weighted by atomic mass is 35.5. The summed E-state index contributed by atoms with van der Waals surface area (Å²) >= 11 is 5.99. The van der Waals surface area contributed by atoms with Crippen molar-refractivity contribution < 1.29 is 17.9 Å². The topological polar surface area (TPSA) is 75.7 Å². The van der Waals surface area contributed by atoms with Crippen LogP contribution in [0.15, 0.2) is 23.1 Å². The molecule has 0 aliphatic rings. The molecule has 1 rings (SSSR count). The summed E-state index contributed by atoms with van der Waals surface area (Å²) in [4.78, 5) is 12.1. The maximum absolute atomic E-state index is 12.1. The van der Waals surface area contributed by atoms with Crippen LogP contribution in [0.1, 0.15) is 23.7 Å². The molecular formula is C14H21ClN2O4S. The highest BCUT2D eigenvalue weighted by Gasteiger charge is 2.20. The molecule has 0 unspecified atom stereocenters. The van der Waals surface area contributed by atoms with Gasteiger partial charge in [-0.2, -0.15) is 0 Å². The van der Waals surface area contributed by atoms with Gasteiger partial charge in [0.05, 0.1) is 15.5 Å². The lowest BCUT2D eigenvalue weighted by atomic mass is 10.2. The number of sulfonamides is 1. The lowest BCUT2D eigenvalue weighted by Crippen LogP contribution is -2.27. The number of hydrogen-bond donors (Lipinski definition) is 1. The van der Waals surface area contributed by atoms with E-state index in [1.165, 1.54) is 32.3 Å². The van der Waals surface area contributed by atoms with Gasteiger partial charge in [-0.15, -0.1) is 0 Å². The molecule has 22 heavy (non-hydrogen) atoms. The maximum Gasteiger partial charge on any atom is 0.252 e. The zero-order valence-corrected chi connectivity index (χ0v) is 14.5. The van der Waals surface area contributed by atoms with Gasteiger partial charge in [-0.1, -0.05) is 11.6 Å². The van der Waals surface area contributed by atoms with Crippen molar-refractivity contribution >= 4 is 27.5 Å². The fraction of sp³-hybridized carbons (Fsp3) is 0.500. The van der Waals surface area contributed by atoms with Gasteiger partial charge in [0.1, 0.15) is 0 Å². The Morgan fingerprint density at radius 2 is 2.05 bits per heavy atom. The number of nitrogens with one attached hydrogen (secondary N) is 1. The van der Waals surface area contributed by atoms with Gasteiger partial charge in [0.2, 0.25) is 10.0 Å². The summed E-state index contributed by atoms with van der Waals surface area (Å²) in [5.41, 5.74) is 0.140. The van der Waals surface area contributed by atoms with Gasteiger partial charge in [0.25, 0.3) is 5.91 Å². The molecule has 0 aliphatic carbocycles. The Labute approximate surface area is 136 Å². The average molecular weight is 349 g/mol. The molecule has 1 aromatic rings. The van der Waals surface area contributed by atoms with E-state index in [-0.39, 0.29) is 15.5 Å². The van der Waals surface area contributed by atoms with Gasteiger partial charge in [-0.3, -0.25) is 4.79 Å². The zero-order chi connectivity index (χ0) is 16.8. The molecule has 0 heterocycles. The number of nitrogens with zero attached hydrogens (tertiary/aromatic N) is 1. The zero-order valence-electron chi connectivity index (χ0n) is 12.9. The summed E-state index contributed by atoms with van der Waals surface area (Å²) in [5.74, 6) is -0.405. The summed E-state index contributed by atoms with van der Waals surface area (Å²) in [6.07, 6.45) is 0.673. The number of ether oxygens (including phenoxy) is 1. The van der Waals surface area contributed by atoms with E-state index < -0.39 is 15.9 Å². The van der Waals surface area contributed by atoms with Crippen LogP contribution in [-0.2, 0) is 14.8 Å². The van der Waals surface area contributed by atoms with E-state index in [9.17, 15) is 13.2 Å². The molecule has 0 saturated carbocycles. The molecule has 0 aromatic heterocycles. The number of benzene rings is 1. The Bertz CT molecular complexity index is 617. The van der Waals surface area contributed by atoms with Gasteiger partial charge < -0.3 is 10.1 Å². The normalized spacial score (nSPS) is 11.7. The maximum atomic E-state index is 12.1. The van der Waals surface area contributed by atoms with E-state index >= 15 is 0 Å². The van der Waals surface area contributed by atoms with Gasteiger partial charge in [-0.25, -0.2) is 12.7 Å². The van der Waals surface area contributed by atoms with Crippen LogP contribution in [0.5, 0.6) is 0 Å². The van der Waals surface area contributed by atoms with Crippen molar-refractivity contribution in [1.29, 1.82) is 0 Å². The summed E-state index contributed by atoms with van der Waals surface area (Å²) < 4.78 is 30.4. The molecule has 0 aliphatic heterocycles. The molecule has 0 fully saturated rings. The quantitative estimate of drug-likeness (QED) is 0.726. The second kappa shape index (κ2) is 8.47. The van der Waals surface area contributed by atoms with Crippen molar-refractivity contribution in [1.82, 2.24) is 9.62 Å². The number of amides is 1. The first-order valence-corrected chi connectivity index (χ1v) is 8.70. The lowest BCUT2D eigenvalue weighted by molar-refractivity contribution is 0.0944. The molecule has 8 heteroatoms. The molecule has 6 nitrogen and oxygen atoms in total. The monoisotopic (exact) mass is 348 g/mol. The first-order valence-electron chi connectivity index (χ1n) is 6.88. The Balaban J connectivity index is 2.84. The summed E-state index contributed by atoms with van der Waals surface area (Å²) in [6.45, 7) is 3.51. The lowest BCUT2D eigenvalue weighted by Gasteiger charge is -2.13. The van der Waals surface area contributed by atoms with Crippen molar-refractivity contribution in [2.24, 2.45) is 0 Å². The van der Waals surface area contributed by atoms with Crippen LogP contribution in [0.25, 0.3) is 0 Å². The number of halogens is 1. The molecule has 1 amide bonds. The van der Waals surface area contributed by atoms with Gasteiger partial charge in [0.15, 0.2) is 0 Å². The minimum atomic E-state index is -3.61. The highest BCUT2D eigenvalue weighted by molar-refractivity contribution is 7.89. The largest absolute Gasteiger partial charge is 0.382 e. The summed E-state index contributed by atoms with van der Waals surface area (Å²) in [6, 6.07) is 4.08. The number of rotatable bonds is 8. The Morgan fingerprint density at radius 3 is 2.64 bits per heavy atom. The SMILES string of the molecule is CCOCCCNC(=O)c1cc(S(=O)(=O)N(C)C)ccc1Cl. The van der Waals surface area contributed by atoms with E-state index in [2.05, 4.69) is 5.32 Å². The first kappa shape index (κ1) is 18.9. The van der Waals surface area contributed by atoms with Crippen molar-refractivity contribution in [2.75, 3.05) is 33.9 Å². The average Bonchev–Trinajstić information content (AvgIpc) is 2.46. The highest BCUT2D eigenvalue weighted by Crippen LogP contribution is 2.22. The van der Waals surface area contributed by atoms with Crippen LogP contribution in [0.4, 0.5) is 0 Å². The van der Waals surface area contributed by atoms with Crippen LogP contribution in [0, 0.1) is 0 Å². The molecule has 0 saturated heterocycles. The predicted molar refractivity (Wildman–Crippen MR) is 85.8 cm³/mol. The standard InChI is InChI=1S/C14H21ClN2O4S/c1-4-21-9-5-8-16-14(18)12-10-11(6-7-13(12)15)22(19,20)17(2)3/h6-7,10H,4-5,8-9H2,1-3H3,(H,16,18). The van der Waals surface area contributed by atoms with Crippen molar-refractivity contribution in [3.05, 3.63) is 28.8 Å². The van der Waals surface area contributed by atoms with Gasteiger partial charge >= 0.3 is 0 Å². The van der Waals surface area contributed by atoms with E-state index in [1.807, 2.05) is 6.92 Å². The van der Waals surface area contributed by atoms with E-state index in [1.54, 1.807) is 0 Å². The number of carbonyl (C=O) groups excluding carboxylic acids is 1. The van der Waals surface area contributed by atoms with Crippen LogP contribution in [0.3, 0.4) is 0 Å². The Kier molecular flexibility index (Phi) is 7.28. The van der Waals surface area contributed by atoms with Crippen LogP contribution < -0.4 is 5.32 Å². The molecular weight excluding hydrogens is 328 g/mol. The minimum Gasteiger partial charge on any atom is -0.382 e. The fourth-order valence-electron chi connectivity index (χ4n) is 1.67. The fourth-order valence-corrected chi connectivity index (χ4v) is 2.80. The molecule has 0 atom stereocenters. The smallest absolute Gasteiger partial charge is 0.252 e. The van der Waals surface area contributed by atoms with Gasteiger partial charge in [-0.05, 0) is 31.5 Å². The minimum absolute atomic E-state index is 0.0290. The molecule has 1 N–H and O–H groups in total. The second-order valence-electron chi connectivity index (χ2n) is 4.74. The van der Waals surface area contributed by atoms with Crippen molar-refractivity contribution in [3.8, 4) is 0 Å².